The normalized spacial score (nSPS) is 17.7. The first kappa shape index (κ1) is 17.5. The van der Waals surface area contributed by atoms with Crippen molar-refractivity contribution in [2.24, 2.45) is 11.7 Å². The van der Waals surface area contributed by atoms with Crippen LogP contribution in [0.5, 0.6) is 0 Å². The van der Waals surface area contributed by atoms with Crippen molar-refractivity contribution >= 4 is 11.8 Å². The molecule has 2 N–H and O–H groups in total. The molecule has 1 aliphatic heterocycles. The fourth-order valence-corrected chi connectivity index (χ4v) is 2.68. The molecule has 1 aliphatic rings. The van der Waals surface area contributed by atoms with E-state index in [4.69, 9.17) is 5.73 Å². The Morgan fingerprint density at radius 1 is 1.04 bits per heavy atom. The lowest BCUT2D eigenvalue weighted by Gasteiger charge is -2.36. The Labute approximate surface area is 138 Å². The number of piperazine rings is 1. The Balaban J connectivity index is 1.85. The molecule has 0 spiro atoms. The number of aryl methyl sites for hydroxylation is 1. The number of hydrogen-bond acceptors (Lipinski definition) is 3. The zero-order valence-electron chi connectivity index (χ0n) is 14.3. The summed E-state index contributed by atoms with van der Waals surface area (Å²) in [5.74, 6) is 0.0386. The van der Waals surface area contributed by atoms with Gasteiger partial charge in [-0.1, -0.05) is 36.8 Å². The first-order valence-electron chi connectivity index (χ1n) is 8.26. The number of carbonyl (C=O) groups is 2. The van der Waals surface area contributed by atoms with Gasteiger partial charge in [0.2, 0.25) is 11.8 Å². The number of hydrogen-bond donors (Lipinski definition) is 1. The minimum absolute atomic E-state index is 0.0885. The summed E-state index contributed by atoms with van der Waals surface area (Å²) in [4.78, 5) is 28.3. The van der Waals surface area contributed by atoms with Crippen LogP contribution in [0.2, 0.25) is 0 Å². The van der Waals surface area contributed by atoms with E-state index in [9.17, 15) is 9.59 Å². The topological polar surface area (TPSA) is 66.6 Å². The summed E-state index contributed by atoms with van der Waals surface area (Å²) < 4.78 is 0. The van der Waals surface area contributed by atoms with Gasteiger partial charge in [0, 0.05) is 32.2 Å². The van der Waals surface area contributed by atoms with E-state index in [2.05, 4.69) is 0 Å². The van der Waals surface area contributed by atoms with Crippen LogP contribution in [-0.2, 0) is 16.0 Å². The zero-order valence-corrected chi connectivity index (χ0v) is 14.3. The fourth-order valence-electron chi connectivity index (χ4n) is 2.68. The Kier molecular flexibility index (Phi) is 5.77. The smallest absolute Gasteiger partial charge is 0.227 e. The molecule has 1 fully saturated rings. The molecule has 1 aromatic rings. The van der Waals surface area contributed by atoms with Crippen LogP contribution in [-0.4, -0.2) is 53.8 Å². The highest BCUT2D eigenvalue weighted by Gasteiger charge is 2.28. The van der Waals surface area contributed by atoms with Gasteiger partial charge in [0.05, 0.1) is 12.3 Å². The van der Waals surface area contributed by atoms with Gasteiger partial charge in [-0.05, 0) is 19.4 Å². The minimum atomic E-state index is -0.176. The van der Waals surface area contributed by atoms with Gasteiger partial charge in [-0.2, -0.15) is 0 Å². The maximum atomic E-state index is 12.4. The fraction of sp³-hybridized carbons (Fsp3) is 0.556. The van der Waals surface area contributed by atoms with E-state index >= 15 is 0 Å². The average molecular weight is 317 g/mol. The van der Waals surface area contributed by atoms with Crippen LogP contribution in [0.15, 0.2) is 24.3 Å². The molecule has 5 heteroatoms. The number of amides is 2. The standard InChI is InChI=1S/C18H27N3O2/c1-13-4-6-16(7-5-13)12-17(22)20-8-10-21(11-9-20)18(23)14(2)15(3)19/h4-7,14-15H,8-12,19H2,1-3H3. The molecule has 1 saturated heterocycles. The summed E-state index contributed by atoms with van der Waals surface area (Å²) in [5.41, 5.74) is 8.03. The van der Waals surface area contributed by atoms with Crippen molar-refractivity contribution in [1.82, 2.24) is 9.80 Å². The number of carbonyl (C=O) groups excluding carboxylic acids is 2. The van der Waals surface area contributed by atoms with Gasteiger partial charge in [-0.15, -0.1) is 0 Å². The monoisotopic (exact) mass is 317 g/mol. The second-order valence-corrected chi connectivity index (χ2v) is 6.52. The lowest BCUT2D eigenvalue weighted by atomic mass is 10.0. The van der Waals surface area contributed by atoms with Crippen LogP contribution < -0.4 is 5.73 Å². The second kappa shape index (κ2) is 7.59. The molecule has 23 heavy (non-hydrogen) atoms. The summed E-state index contributed by atoms with van der Waals surface area (Å²) in [6, 6.07) is 7.89. The Morgan fingerprint density at radius 3 is 2.09 bits per heavy atom. The average Bonchev–Trinajstić information content (AvgIpc) is 2.55. The molecular formula is C18H27N3O2. The third-order valence-corrected chi connectivity index (χ3v) is 4.60. The van der Waals surface area contributed by atoms with Crippen molar-refractivity contribution in [3.63, 3.8) is 0 Å². The maximum Gasteiger partial charge on any atom is 0.227 e. The lowest BCUT2D eigenvalue weighted by Crippen LogP contribution is -2.53. The zero-order chi connectivity index (χ0) is 17.0. The predicted molar refractivity (Wildman–Crippen MR) is 90.9 cm³/mol. The summed E-state index contributed by atoms with van der Waals surface area (Å²) >= 11 is 0. The SMILES string of the molecule is Cc1ccc(CC(=O)N2CCN(C(=O)C(C)C(C)N)CC2)cc1. The van der Waals surface area contributed by atoms with Crippen molar-refractivity contribution in [2.45, 2.75) is 33.2 Å². The predicted octanol–water partition coefficient (Wildman–Crippen LogP) is 1.19. The lowest BCUT2D eigenvalue weighted by molar-refractivity contribution is -0.141. The Bertz CT molecular complexity index is 546. The van der Waals surface area contributed by atoms with E-state index in [1.54, 1.807) is 0 Å². The molecule has 0 aromatic heterocycles. The summed E-state index contributed by atoms with van der Waals surface area (Å²) in [6.07, 6.45) is 0.421. The second-order valence-electron chi connectivity index (χ2n) is 6.52. The van der Waals surface area contributed by atoms with Crippen LogP contribution in [0.3, 0.4) is 0 Å². The molecule has 2 rings (SSSR count). The van der Waals surface area contributed by atoms with Gasteiger partial charge >= 0.3 is 0 Å². The summed E-state index contributed by atoms with van der Waals surface area (Å²) in [6.45, 7) is 8.13. The van der Waals surface area contributed by atoms with Crippen LogP contribution >= 0.6 is 0 Å². The van der Waals surface area contributed by atoms with E-state index in [-0.39, 0.29) is 23.8 Å². The number of nitrogens with zero attached hydrogens (tertiary/aromatic N) is 2. The van der Waals surface area contributed by atoms with Crippen molar-refractivity contribution in [2.75, 3.05) is 26.2 Å². The number of benzene rings is 1. The van der Waals surface area contributed by atoms with Gasteiger partial charge in [0.1, 0.15) is 0 Å². The molecule has 0 saturated carbocycles. The highest BCUT2D eigenvalue weighted by atomic mass is 16.2. The number of nitrogens with two attached hydrogens (primary N) is 1. The molecule has 2 amide bonds. The van der Waals surface area contributed by atoms with Crippen LogP contribution in [0.4, 0.5) is 0 Å². The van der Waals surface area contributed by atoms with Gasteiger partial charge in [-0.25, -0.2) is 0 Å². The van der Waals surface area contributed by atoms with Crippen LogP contribution in [0.25, 0.3) is 0 Å². The Hall–Kier alpha value is -1.88. The van der Waals surface area contributed by atoms with E-state index < -0.39 is 0 Å². The maximum absolute atomic E-state index is 12.4. The van der Waals surface area contributed by atoms with Crippen molar-refractivity contribution in [3.8, 4) is 0 Å². The van der Waals surface area contributed by atoms with Crippen molar-refractivity contribution in [3.05, 3.63) is 35.4 Å². The molecule has 0 bridgehead atoms. The van der Waals surface area contributed by atoms with Crippen molar-refractivity contribution in [1.29, 1.82) is 0 Å². The molecule has 1 aromatic carbocycles. The first-order valence-corrected chi connectivity index (χ1v) is 8.26. The largest absolute Gasteiger partial charge is 0.339 e. The molecule has 0 radical (unpaired) electrons. The van der Waals surface area contributed by atoms with E-state index in [1.807, 2.05) is 54.8 Å². The summed E-state index contributed by atoms with van der Waals surface area (Å²) in [5, 5.41) is 0. The van der Waals surface area contributed by atoms with Crippen LogP contribution in [0, 0.1) is 12.8 Å². The highest BCUT2D eigenvalue weighted by Crippen LogP contribution is 2.12. The molecule has 2 unspecified atom stereocenters. The Morgan fingerprint density at radius 2 is 1.57 bits per heavy atom. The first-order chi connectivity index (χ1) is 10.9. The molecule has 0 aliphatic carbocycles. The van der Waals surface area contributed by atoms with Gasteiger partial charge in [0.15, 0.2) is 0 Å². The number of rotatable bonds is 4. The molecule has 2 atom stereocenters. The van der Waals surface area contributed by atoms with Crippen molar-refractivity contribution < 1.29 is 9.59 Å². The van der Waals surface area contributed by atoms with Gasteiger partial charge in [-0.3, -0.25) is 9.59 Å². The van der Waals surface area contributed by atoms with Gasteiger partial charge < -0.3 is 15.5 Å². The minimum Gasteiger partial charge on any atom is -0.339 e. The molecule has 5 nitrogen and oxygen atoms in total. The molecular weight excluding hydrogens is 290 g/mol. The third kappa shape index (κ3) is 4.55. The quantitative estimate of drug-likeness (QED) is 0.907. The van der Waals surface area contributed by atoms with E-state index in [0.29, 0.717) is 32.6 Å². The van der Waals surface area contributed by atoms with Gasteiger partial charge in [0.25, 0.3) is 0 Å². The van der Waals surface area contributed by atoms with E-state index in [1.165, 1.54) is 5.56 Å². The molecule has 126 valence electrons. The van der Waals surface area contributed by atoms with E-state index in [0.717, 1.165) is 5.56 Å². The molecule has 1 heterocycles. The summed E-state index contributed by atoms with van der Waals surface area (Å²) in [7, 11) is 0. The third-order valence-electron chi connectivity index (χ3n) is 4.60. The highest BCUT2D eigenvalue weighted by molar-refractivity contribution is 5.81. The van der Waals surface area contributed by atoms with Crippen LogP contribution in [0.1, 0.15) is 25.0 Å².